The normalized spacial score (nSPS) is 27.8. The molecule has 0 unspecified atom stereocenters. The standard InChI is InChI=1S/C7H10O4/c1-4(3-8)5-6(11-5)7(9)10-2/h5-6,8H,1,3H2,2H3/t5-,6+/m0/s1. The molecule has 1 rings (SSSR count). The van der Waals surface area contributed by atoms with Crippen molar-refractivity contribution < 1.29 is 19.4 Å². The summed E-state index contributed by atoms with van der Waals surface area (Å²) in [6.45, 7) is 3.36. The number of hydrogen-bond donors (Lipinski definition) is 1. The SMILES string of the molecule is C=C(CO)[C@@H]1O[C@H]1C(=O)OC. The van der Waals surface area contributed by atoms with Crippen LogP contribution in [0.5, 0.6) is 0 Å². The molecule has 1 aliphatic heterocycles. The maximum atomic E-state index is 10.7. The second kappa shape index (κ2) is 3.02. The summed E-state index contributed by atoms with van der Waals surface area (Å²) in [4.78, 5) is 10.7. The van der Waals surface area contributed by atoms with E-state index in [0.29, 0.717) is 5.57 Å². The smallest absolute Gasteiger partial charge is 0.338 e. The van der Waals surface area contributed by atoms with Crippen LogP contribution in [0.2, 0.25) is 0 Å². The number of methoxy groups -OCH3 is 1. The predicted octanol–water partition coefficient (Wildman–Crippen LogP) is -0.525. The Morgan fingerprint density at radius 2 is 2.36 bits per heavy atom. The molecular formula is C7H10O4. The Labute approximate surface area is 64.4 Å². The molecule has 4 heteroatoms. The number of esters is 1. The van der Waals surface area contributed by atoms with E-state index >= 15 is 0 Å². The molecule has 0 aromatic carbocycles. The molecule has 0 aliphatic carbocycles. The Balaban J connectivity index is 2.37. The summed E-state index contributed by atoms with van der Waals surface area (Å²) in [5, 5.41) is 8.59. The van der Waals surface area contributed by atoms with Crippen LogP contribution in [0, 0.1) is 0 Å². The van der Waals surface area contributed by atoms with Crippen molar-refractivity contribution in [2.24, 2.45) is 0 Å². The van der Waals surface area contributed by atoms with Crippen LogP contribution in [0.25, 0.3) is 0 Å². The van der Waals surface area contributed by atoms with Gasteiger partial charge in [0.15, 0.2) is 6.10 Å². The van der Waals surface area contributed by atoms with Crippen LogP contribution in [0.1, 0.15) is 0 Å². The highest BCUT2D eigenvalue weighted by atomic mass is 16.6. The van der Waals surface area contributed by atoms with Gasteiger partial charge in [0, 0.05) is 0 Å². The highest BCUT2D eigenvalue weighted by Crippen LogP contribution is 2.28. The summed E-state index contributed by atoms with van der Waals surface area (Å²) in [5.74, 6) is -0.412. The Morgan fingerprint density at radius 1 is 1.73 bits per heavy atom. The van der Waals surface area contributed by atoms with Gasteiger partial charge in [0.25, 0.3) is 0 Å². The van der Waals surface area contributed by atoms with E-state index in [1.54, 1.807) is 0 Å². The molecular weight excluding hydrogens is 148 g/mol. The van der Waals surface area contributed by atoms with Crippen LogP contribution in [0.4, 0.5) is 0 Å². The van der Waals surface area contributed by atoms with Crippen molar-refractivity contribution in [1.29, 1.82) is 0 Å². The Kier molecular flexibility index (Phi) is 2.26. The van der Waals surface area contributed by atoms with Crippen LogP contribution in [-0.2, 0) is 14.3 Å². The molecule has 1 fully saturated rings. The Morgan fingerprint density at radius 3 is 2.82 bits per heavy atom. The predicted molar refractivity (Wildman–Crippen MR) is 36.9 cm³/mol. The fourth-order valence-corrected chi connectivity index (χ4v) is 0.808. The Hall–Kier alpha value is -0.870. The van der Waals surface area contributed by atoms with Gasteiger partial charge in [0.2, 0.25) is 0 Å². The average Bonchev–Trinajstić information content (AvgIpc) is 2.80. The molecule has 1 heterocycles. The van der Waals surface area contributed by atoms with E-state index < -0.39 is 12.1 Å². The summed E-state index contributed by atoms with van der Waals surface area (Å²) in [6, 6.07) is 0. The van der Waals surface area contributed by atoms with Crippen LogP contribution >= 0.6 is 0 Å². The third kappa shape index (κ3) is 1.58. The Bertz CT molecular complexity index is 167. The average molecular weight is 158 g/mol. The number of carbonyl (C=O) groups is 1. The van der Waals surface area contributed by atoms with Gasteiger partial charge in [-0.3, -0.25) is 0 Å². The van der Waals surface area contributed by atoms with Crippen LogP contribution < -0.4 is 0 Å². The highest BCUT2D eigenvalue weighted by Gasteiger charge is 2.47. The lowest BCUT2D eigenvalue weighted by Gasteiger charge is -1.93. The number of carbonyl (C=O) groups excluding carboxylic acids is 1. The minimum Gasteiger partial charge on any atom is -0.467 e. The first kappa shape index (κ1) is 8.23. The van der Waals surface area contributed by atoms with Crippen molar-refractivity contribution in [2.75, 3.05) is 13.7 Å². The van der Waals surface area contributed by atoms with E-state index in [4.69, 9.17) is 9.84 Å². The second-order valence-corrected chi connectivity index (χ2v) is 2.32. The second-order valence-electron chi connectivity index (χ2n) is 2.32. The van der Waals surface area contributed by atoms with Crippen LogP contribution in [0.15, 0.2) is 12.2 Å². The summed E-state index contributed by atoms with van der Waals surface area (Å²) >= 11 is 0. The lowest BCUT2D eigenvalue weighted by atomic mass is 10.2. The van der Waals surface area contributed by atoms with E-state index in [1.807, 2.05) is 0 Å². The summed E-state index contributed by atoms with van der Waals surface area (Å²) < 4.78 is 9.30. The summed E-state index contributed by atoms with van der Waals surface area (Å²) in [6.07, 6.45) is -0.882. The van der Waals surface area contributed by atoms with Crippen molar-refractivity contribution in [3.63, 3.8) is 0 Å². The van der Waals surface area contributed by atoms with Crippen LogP contribution in [0.3, 0.4) is 0 Å². The van der Waals surface area contributed by atoms with Gasteiger partial charge in [-0.15, -0.1) is 0 Å². The zero-order valence-electron chi connectivity index (χ0n) is 6.24. The topological polar surface area (TPSA) is 59.1 Å². The molecule has 1 saturated heterocycles. The third-order valence-corrected chi connectivity index (χ3v) is 1.53. The summed E-state index contributed by atoms with van der Waals surface area (Å²) in [5.41, 5.74) is 0.514. The lowest BCUT2D eigenvalue weighted by Crippen LogP contribution is -2.13. The molecule has 0 aromatic heterocycles. The maximum Gasteiger partial charge on any atom is 0.338 e. The zero-order chi connectivity index (χ0) is 8.43. The van der Waals surface area contributed by atoms with E-state index in [-0.39, 0.29) is 12.7 Å². The van der Waals surface area contributed by atoms with Crippen molar-refractivity contribution in [3.8, 4) is 0 Å². The number of epoxide rings is 1. The molecule has 2 atom stereocenters. The number of ether oxygens (including phenoxy) is 2. The number of hydrogen-bond acceptors (Lipinski definition) is 4. The highest BCUT2D eigenvalue weighted by molar-refractivity contribution is 5.78. The van der Waals surface area contributed by atoms with Crippen molar-refractivity contribution in [3.05, 3.63) is 12.2 Å². The fraction of sp³-hybridized carbons (Fsp3) is 0.571. The van der Waals surface area contributed by atoms with Crippen molar-refractivity contribution in [2.45, 2.75) is 12.2 Å². The lowest BCUT2D eigenvalue weighted by molar-refractivity contribution is -0.142. The first-order chi connectivity index (χ1) is 5.20. The monoisotopic (exact) mass is 158 g/mol. The number of rotatable bonds is 3. The van der Waals surface area contributed by atoms with Crippen molar-refractivity contribution in [1.82, 2.24) is 0 Å². The van der Waals surface area contributed by atoms with Crippen molar-refractivity contribution >= 4 is 5.97 Å². The largest absolute Gasteiger partial charge is 0.467 e. The van der Waals surface area contributed by atoms with Gasteiger partial charge in [0.05, 0.1) is 13.7 Å². The summed E-state index contributed by atoms with van der Waals surface area (Å²) in [7, 11) is 1.29. The minimum atomic E-state index is -0.542. The molecule has 0 saturated carbocycles. The molecule has 1 N–H and O–H groups in total. The molecule has 4 nitrogen and oxygen atoms in total. The molecule has 11 heavy (non-hydrogen) atoms. The van der Waals surface area contributed by atoms with Gasteiger partial charge < -0.3 is 14.6 Å². The van der Waals surface area contributed by atoms with Gasteiger partial charge in [-0.2, -0.15) is 0 Å². The van der Waals surface area contributed by atoms with Crippen LogP contribution in [-0.4, -0.2) is 37.0 Å². The molecule has 0 spiro atoms. The third-order valence-electron chi connectivity index (χ3n) is 1.53. The van der Waals surface area contributed by atoms with E-state index in [9.17, 15) is 4.79 Å². The van der Waals surface area contributed by atoms with Gasteiger partial charge >= 0.3 is 5.97 Å². The zero-order valence-corrected chi connectivity index (χ0v) is 6.24. The van der Waals surface area contributed by atoms with E-state index in [1.165, 1.54) is 7.11 Å². The van der Waals surface area contributed by atoms with Gasteiger partial charge in [-0.1, -0.05) is 6.58 Å². The minimum absolute atomic E-state index is 0.155. The maximum absolute atomic E-state index is 10.7. The molecule has 62 valence electrons. The number of aliphatic hydroxyl groups is 1. The van der Waals surface area contributed by atoms with Gasteiger partial charge in [0.1, 0.15) is 6.10 Å². The molecule has 1 aliphatic rings. The molecule has 0 aromatic rings. The van der Waals surface area contributed by atoms with Gasteiger partial charge in [-0.25, -0.2) is 4.79 Å². The first-order valence-corrected chi connectivity index (χ1v) is 3.22. The number of aliphatic hydroxyl groups excluding tert-OH is 1. The fourth-order valence-electron chi connectivity index (χ4n) is 0.808. The van der Waals surface area contributed by atoms with E-state index in [2.05, 4.69) is 11.3 Å². The van der Waals surface area contributed by atoms with Gasteiger partial charge in [-0.05, 0) is 5.57 Å². The first-order valence-electron chi connectivity index (χ1n) is 3.22. The molecule has 0 bridgehead atoms. The quantitative estimate of drug-likeness (QED) is 0.341. The molecule has 0 amide bonds. The molecule has 0 radical (unpaired) electrons. The van der Waals surface area contributed by atoms with E-state index in [0.717, 1.165) is 0 Å².